The molecule has 158 valence electrons. The molecule has 0 aliphatic carbocycles. The summed E-state index contributed by atoms with van der Waals surface area (Å²) < 4.78 is 2.06. The monoisotopic (exact) mass is 423 g/mol. The second-order valence-electron chi connectivity index (χ2n) is 9.30. The largest absolute Gasteiger partial charge is 0.311 e. The number of hydrogen-bond acceptors (Lipinski definition) is 3. The van der Waals surface area contributed by atoms with E-state index in [-0.39, 0.29) is 5.56 Å². The van der Waals surface area contributed by atoms with Crippen LogP contribution in [-0.2, 0) is 6.54 Å². The van der Waals surface area contributed by atoms with Gasteiger partial charge in [-0.3, -0.25) is 9.69 Å². The van der Waals surface area contributed by atoms with Crippen molar-refractivity contribution in [3.63, 3.8) is 0 Å². The van der Waals surface area contributed by atoms with E-state index in [4.69, 9.17) is 11.6 Å². The number of halogens is 1. The Bertz CT molecular complexity index is 988. The van der Waals surface area contributed by atoms with Gasteiger partial charge in [0.1, 0.15) is 0 Å². The fourth-order valence-corrected chi connectivity index (χ4v) is 5.67. The minimum atomic E-state index is 0.153. The summed E-state index contributed by atoms with van der Waals surface area (Å²) in [6.45, 7) is 5.51. The Hall–Kier alpha value is -1.88. The Balaban J connectivity index is 1.36. The number of pyridine rings is 1. The van der Waals surface area contributed by atoms with Crippen molar-refractivity contribution < 1.29 is 0 Å². The summed E-state index contributed by atoms with van der Waals surface area (Å²) in [5, 5.41) is 0.724. The lowest BCUT2D eigenvalue weighted by Crippen LogP contribution is -2.53. The van der Waals surface area contributed by atoms with E-state index in [2.05, 4.69) is 27.5 Å². The Kier molecular flexibility index (Phi) is 5.57. The normalized spacial score (nSPS) is 25.5. The standard InChI is InChI=1S/C25H30ClN3O/c1-27-12-10-23(11-13-27)28-15-19-14-21(17-28)24-9-6-20(25(30)29(24)16-19)5-2-18-3-7-22(26)8-4-18/h2-9,19,21,23H,10-17H2,1H3/t19-,21-/m1/s1. The summed E-state index contributed by atoms with van der Waals surface area (Å²) in [7, 11) is 2.22. The van der Waals surface area contributed by atoms with E-state index in [0.29, 0.717) is 17.9 Å². The fourth-order valence-electron chi connectivity index (χ4n) is 5.54. The molecule has 30 heavy (non-hydrogen) atoms. The van der Waals surface area contributed by atoms with Gasteiger partial charge in [-0.15, -0.1) is 0 Å². The quantitative estimate of drug-likeness (QED) is 0.741. The van der Waals surface area contributed by atoms with Crippen LogP contribution in [0.2, 0.25) is 5.02 Å². The van der Waals surface area contributed by atoms with E-state index in [1.165, 1.54) is 38.0 Å². The van der Waals surface area contributed by atoms with Crippen molar-refractivity contribution in [1.82, 2.24) is 14.4 Å². The van der Waals surface area contributed by atoms with Crippen molar-refractivity contribution in [3.8, 4) is 0 Å². The lowest BCUT2D eigenvalue weighted by atomic mass is 9.81. The van der Waals surface area contributed by atoms with Crippen LogP contribution < -0.4 is 5.56 Å². The maximum Gasteiger partial charge on any atom is 0.258 e. The van der Waals surface area contributed by atoms with Crippen LogP contribution in [0.1, 0.15) is 42.0 Å². The van der Waals surface area contributed by atoms with Crippen molar-refractivity contribution in [2.75, 3.05) is 33.2 Å². The number of likely N-dealkylation sites (tertiary alicyclic amines) is 2. The minimum Gasteiger partial charge on any atom is -0.311 e. The number of nitrogens with zero attached hydrogens (tertiary/aromatic N) is 3. The first-order valence-corrected chi connectivity index (χ1v) is 11.5. The summed E-state index contributed by atoms with van der Waals surface area (Å²) in [5.41, 5.74) is 3.20. The Morgan fingerprint density at radius 2 is 1.73 bits per heavy atom. The predicted molar refractivity (Wildman–Crippen MR) is 124 cm³/mol. The Labute approximate surface area is 183 Å². The number of hydrogen-bond donors (Lipinski definition) is 0. The molecule has 0 N–H and O–H groups in total. The molecule has 0 radical (unpaired) electrons. The van der Waals surface area contributed by atoms with E-state index >= 15 is 0 Å². The summed E-state index contributed by atoms with van der Waals surface area (Å²) in [6.07, 6.45) is 7.70. The second kappa shape index (κ2) is 8.33. The molecule has 4 heterocycles. The van der Waals surface area contributed by atoms with Crippen LogP contribution in [0.25, 0.3) is 12.2 Å². The molecule has 0 saturated carbocycles. The van der Waals surface area contributed by atoms with Crippen molar-refractivity contribution in [1.29, 1.82) is 0 Å². The van der Waals surface area contributed by atoms with Crippen LogP contribution in [0.5, 0.6) is 0 Å². The zero-order chi connectivity index (χ0) is 20.7. The van der Waals surface area contributed by atoms with E-state index in [1.807, 2.05) is 42.5 Å². The molecule has 0 unspecified atom stereocenters. The van der Waals surface area contributed by atoms with Crippen LogP contribution in [0, 0.1) is 5.92 Å². The number of benzene rings is 1. The van der Waals surface area contributed by atoms with Gasteiger partial charge in [0.2, 0.25) is 0 Å². The van der Waals surface area contributed by atoms with Gasteiger partial charge in [0.05, 0.1) is 0 Å². The van der Waals surface area contributed by atoms with E-state index < -0.39 is 0 Å². The molecule has 2 aromatic rings. The van der Waals surface area contributed by atoms with Gasteiger partial charge in [-0.2, -0.15) is 0 Å². The smallest absolute Gasteiger partial charge is 0.258 e. The van der Waals surface area contributed by atoms with Gasteiger partial charge in [-0.25, -0.2) is 0 Å². The fraction of sp³-hybridized carbons (Fsp3) is 0.480. The highest BCUT2D eigenvalue weighted by Gasteiger charge is 2.37. The highest BCUT2D eigenvalue weighted by atomic mass is 35.5. The van der Waals surface area contributed by atoms with Crippen molar-refractivity contribution in [3.05, 3.63) is 68.6 Å². The average Bonchev–Trinajstić information content (AvgIpc) is 2.75. The third-order valence-corrected chi connectivity index (χ3v) is 7.44. The topological polar surface area (TPSA) is 28.5 Å². The molecule has 3 aliphatic heterocycles. The predicted octanol–water partition coefficient (Wildman–Crippen LogP) is 4.19. The molecular weight excluding hydrogens is 394 g/mol. The van der Waals surface area contributed by atoms with Crippen molar-refractivity contribution >= 4 is 23.8 Å². The van der Waals surface area contributed by atoms with Crippen molar-refractivity contribution in [2.45, 2.75) is 37.8 Å². The van der Waals surface area contributed by atoms with Gasteiger partial charge in [0.25, 0.3) is 5.56 Å². The van der Waals surface area contributed by atoms with Crippen molar-refractivity contribution in [2.24, 2.45) is 5.92 Å². The lowest BCUT2D eigenvalue weighted by molar-refractivity contribution is 0.0516. The average molecular weight is 424 g/mol. The van der Waals surface area contributed by atoms with Gasteiger partial charge in [0.15, 0.2) is 0 Å². The number of fused-ring (bicyclic) bond motifs is 4. The molecule has 2 atom stereocenters. The zero-order valence-electron chi connectivity index (χ0n) is 17.6. The zero-order valence-corrected chi connectivity index (χ0v) is 18.4. The van der Waals surface area contributed by atoms with E-state index in [1.54, 1.807) is 0 Å². The molecule has 0 amide bonds. The van der Waals surface area contributed by atoms with Gasteiger partial charge >= 0.3 is 0 Å². The molecule has 2 saturated heterocycles. The second-order valence-corrected chi connectivity index (χ2v) is 9.74. The Morgan fingerprint density at radius 1 is 0.967 bits per heavy atom. The summed E-state index contributed by atoms with van der Waals surface area (Å²) >= 11 is 5.96. The Morgan fingerprint density at radius 3 is 2.50 bits per heavy atom. The molecule has 5 rings (SSSR count). The number of rotatable bonds is 3. The molecule has 5 heteroatoms. The first kappa shape index (κ1) is 20.0. The van der Waals surface area contributed by atoms with Gasteiger partial charge in [0, 0.05) is 47.9 Å². The third-order valence-electron chi connectivity index (χ3n) is 7.19. The molecule has 2 bridgehead atoms. The first-order valence-electron chi connectivity index (χ1n) is 11.2. The third kappa shape index (κ3) is 4.01. The SMILES string of the molecule is CN1CCC(N2C[C@H]3C[C@H](C2)c2ccc(C=Cc4ccc(Cl)cc4)c(=O)n2C3)CC1. The van der Waals surface area contributed by atoms with E-state index in [9.17, 15) is 4.79 Å². The number of aromatic nitrogens is 1. The summed E-state index contributed by atoms with van der Waals surface area (Å²) in [5.74, 6) is 1.07. The molecule has 0 spiro atoms. The summed E-state index contributed by atoms with van der Waals surface area (Å²) in [4.78, 5) is 18.4. The van der Waals surface area contributed by atoms with Crippen LogP contribution in [0.4, 0.5) is 0 Å². The minimum absolute atomic E-state index is 0.153. The first-order chi connectivity index (χ1) is 14.6. The maximum atomic E-state index is 13.2. The molecule has 2 fully saturated rings. The van der Waals surface area contributed by atoms with Crippen LogP contribution in [0.3, 0.4) is 0 Å². The van der Waals surface area contributed by atoms with E-state index in [0.717, 1.165) is 35.8 Å². The maximum absolute atomic E-state index is 13.2. The molecular formula is C25H30ClN3O. The highest BCUT2D eigenvalue weighted by Crippen LogP contribution is 2.37. The van der Waals surface area contributed by atoms with Crippen LogP contribution >= 0.6 is 11.6 Å². The van der Waals surface area contributed by atoms with Gasteiger partial charge in [-0.1, -0.05) is 29.8 Å². The van der Waals surface area contributed by atoms with Crippen LogP contribution in [-0.4, -0.2) is 53.6 Å². The van der Waals surface area contributed by atoms with Gasteiger partial charge in [-0.05, 0) is 81.2 Å². The number of piperidine rings is 2. The lowest BCUT2D eigenvalue weighted by Gasteiger charge is -2.47. The highest BCUT2D eigenvalue weighted by molar-refractivity contribution is 6.30. The van der Waals surface area contributed by atoms with Crippen LogP contribution in [0.15, 0.2) is 41.2 Å². The van der Waals surface area contributed by atoms with Gasteiger partial charge < -0.3 is 9.47 Å². The molecule has 4 nitrogen and oxygen atoms in total. The molecule has 1 aromatic carbocycles. The molecule has 3 aliphatic rings. The molecule has 1 aromatic heterocycles. The summed E-state index contributed by atoms with van der Waals surface area (Å²) in [6, 6.07) is 12.6.